The fourth-order valence-corrected chi connectivity index (χ4v) is 3.52. The lowest BCUT2D eigenvalue weighted by Crippen LogP contribution is -2.23. The van der Waals surface area contributed by atoms with E-state index in [0.29, 0.717) is 21.5 Å². The van der Waals surface area contributed by atoms with Gasteiger partial charge in [0.25, 0.3) is 10.0 Å². The second kappa shape index (κ2) is 8.03. The van der Waals surface area contributed by atoms with Crippen molar-refractivity contribution in [3.63, 3.8) is 0 Å². The van der Waals surface area contributed by atoms with E-state index < -0.39 is 10.0 Å². The predicted molar refractivity (Wildman–Crippen MR) is 104 cm³/mol. The molecule has 7 heteroatoms. The summed E-state index contributed by atoms with van der Waals surface area (Å²) in [6.45, 7) is -0.146. The third kappa shape index (κ3) is 4.72. The molecule has 1 aromatic heterocycles. The molecule has 0 radical (unpaired) electrons. The molecule has 0 spiro atoms. The molecule has 0 aliphatic carbocycles. The summed E-state index contributed by atoms with van der Waals surface area (Å²) < 4.78 is 28.5. The van der Waals surface area contributed by atoms with Crippen molar-refractivity contribution in [3.05, 3.63) is 95.0 Å². The molecule has 0 bridgehead atoms. The van der Waals surface area contributed by atoms with Gasteiger partial charge in [-0.3, -0.25) is 4.72 Å². The van der Waals surface area contributed by atoms with Gasteiger partial charge in [-0.15, -0.1) is 0 Å². The van der Waals surface area contributed by atoms with Crippen LogP contribution < -0.4 is 9.45 Å². The van der Waals surface area contributed by atoms with E-state index in [4.69, 9.17) is 5.11 Å². The Balaban J connectivity index is 1.85. The maximum Gasteiger partial charge on any atom is 0.261 e. The van der Waals surface area contributed by atoms with E-state index in [0.717, 1.165) is 5.56 Å². The van der Waals surface area contributed by atoms with Crippen molar-refractivity contribution in [1.29, 1.82) is 0 Å². The van der Waals surface area contributed by atoms with Crippen molar-refractivity contribution in [2.75, 3.05) is 4.72 Å². The van der Waals surface area contributed by atoms with Crippen molar-refractivity contribution in [2.45, 2.75) is 11.5 Å². The summed E-state index contributed by atoms with van der Waals surface area (Å²) in [5, 5.41) is 20.2. The molecule has 0 saturated carbocycles. The van der Waals surface area contributed by atoms with E-state index in [1.165, 1.54) is 24.5 Å². The molecule has 3 aromatic rings. The molecule has 0 fully saturated rings. The van der Waals surface area contributed by atoms with Crippen LogP contribution in [-0.4, -0.2) is 13.5 Å². The molecule has 6 nitrogen and oxygen atoms in total. The minimum atomic E-state index is -3.76. The molecule has 2 N–H and O–H groups in total. The van der Waals surface area contributed by atoms with E-state index in [-0.39, 0.29) is 11.5 Å². The number of hydrogen-bond acceptors (Lipinski definition) is 4. The first-order valence-electron chi connectivity index (χ1n) is 8.16. The van der Waals surface area contributed by atoms with Gasteiger partial charge in [0.2, 0.25) is 0 Å². The summed E-state index contributed by atoms with van der Waals surface area (Å²) in [6, 6.07) is 16.4. The van der Waals surface area contributed by atoms with Crippen LogP contribution in [0.3, 0.4) is 0 Å². The number of nitrogens with one attached hydrogen (secondary N) is 1. The zero-order valence-electron chi connectivity index (χ0n) is 14.3. The molecule has 2 aromatic carbocycles. The molecule has 1 heterocycles. The van der Waals surface area contributed by atoms with E-state index in [1.807, 2.05) is 6.07 Å². The Morgan fingerprint density at radius 2 is 1.63 bits per heavy atom. The number of aromatic nitrogens is 1. The quantitative estimate of drug-likeness (QED) is 0.506. The van der Waals surface area contributed by atoms with Crippen molar-refractivity contribution in [3.8, 4) is 0 Å². The minimum absolute atomic E-state index is 0.113. The van der Waals surface area contributed by atoms with Gasteiger partial charge in [0.1, 0.15) is 0 Å². The summed E-state index contributed by atoms with van der Waals surface area (Å²) in [7, 11) is -3.76. The molecule has 0 atom stereocenters. The summed E-state index contributed by atoms with van der Waals surface area (Å²) >= 11 is 0. The van der Waals surface area contributed by atoms with Crippen molar-refractivity contribution in [1.82, 2.24) is 0 Å². The molecule has 0 saturated heterocycles. The first-order chi connectivity index (χ1) is 13.0. The Bertz CT molecular complexity index is 1040. The Kier molecular flexibility index (Phi) is 5.54. The van der Waals surface area contributed by atoms with Crippen LogP contribution in [0.4, 0.5) is 5.69 Å². The SMILES string of the molecule is O=S(=O)(Nc1ccccc1/C=C/c1cc[n+]([O-])cc1)c1ccc(CO)cc1. The second-order valence-electron chi connectivity index (χ2n) is 5.82. The summed E-state index contributed by atoms with van der Waals surface area (Å²) in [4.78, 5) is 0.113. The maximum absolute atomic E-state index is 12.6. The van der Waals surface area contributed by atoms with Crippen LogP contribution in [0, 0.1) is 5.21 Å². The highest BCUT2D eigenvalue weighted by molar-refractivity contribution is 7.92. The zero-order chi connectivity index (χ0) is 19.3. The highest BCUT2D eigenvalue weighted by Crippen LogP contribution is 2.22. The van der Waals surface area contributed by atoms with E-state index >= 15 is 0 Å². The molecule has 27 heavy (non-hydrogen) atoms. The normalized spacial score (nSPS) is 11.6. The topological polar surface area (TPSA) is 93.3 Å². The van der Waals surface area contributed by atoms with Crippen LogP contribution in [0.5, 0.6) is 0 Å². The van der Waals surface area contributed by atoms with Crippen LogP contribution in [0.15, 0.2) is 78.0 Å². The van der Waals surface area contributed by atoms with Gasteiger partial charge in [-0.05, 0) is 34.9 Å². The van der Waals surface area contributed by atoms with Crippen molar-refractivity contribution in [2.24, 2.45) is 0 Å². The molecular formula is C20H18N2O4S. The van der Waals surface area contributed by atoms with Crippen LogP contribution >= 0.6 is 0 Å². The Morgan fingerprint density at radius 1 is 0.963 bits per heavy atom. The standard InChI is InChI=1S/C20H18N2O4S/c23-15-17-6-9-19(10-7-17)27(25,26)21-20-4-2-1-3-18(20)8-5-16-11-13-22(24)14-12-16/h1-14,21,23H,15H2/b8-5+. The number of benzene rings is 2. The predicted octanol–water partition coefficient (Wildman–Crippen LogP) is 2.78. The third-order valence-electron chi connectivity index (χ3n) is 3.90. The first-order valence-corrected chi connectivity index (χ1v) is 9.65. The van der Waals surface area contributed by atoms with Gasteiger partial charge in [-0.25, -0.2) is 8.42 Å². The van der Waals surface area contributed by atoms with Crippen molar-refractivity contribution >= 4 is 27.9 Å². The van der Waals surface area contributed by atoms with Gasteiger partial charge in [0.15, 0.2) is 12.4 Å². The smallest absolute Gasteiger partial charge is 0.261 e. The lowest BCUT2D eigenvalue weighted by atomic mass is 10.1. The molecular weight excluding hydrogens is 364 g/mol. The minimum Gasteiger partial charge on any atom is -0.619 e. The van der Waals surface area contributed by atoms with Gasteiger partial charge in [0, 0.05) is 12.1 Å². The number of anilines is 1. The van der Waals surface area contributed by atoms with E-state index in [2.05, 4.69) is 4.72 Å². The highest BCUT2D eigenvalue weighted by Gasteiger charge is 2.15. The largest absolute Gasteiger partial charge is 0.619 e. The number of pyridine rings is 1. The summed E-state index contributed by atoms with van der Waals surface area (Å²) in [5.41, 5.74) is 2.58. The third-order valence-corrected chi connectivity index (χ3v) is 5.29. The van der Waals surface area contributed by atoms with Crippen LogP contribution in [0.1, 0.15) is 16.7 Å². The van der Waals surface area contributed by atoms with Gasteiger partial charge >= 0.3 is 0 Å². The number of rotatable bonds is 6. The molecule has 0 unspecified atom stereocenters. The van der Waals surface area contributed by atoms with Gasteiger partial charge < -0.3 is 10.3 Å². The van der Waals surface area contributed by atoms with Crippen LogP contribution in [0.25, 0.3) is 12.2 Å². The fraction of sp³-hybridized carbons (Fsp3) is 0.0500. The second-order valence-corrected chi connectivity index (χ2v) is 7.50. The van der Waals surface area contributed by atoms with Gasteiger partial charge in [-0.2, -0.15) is 4.73 Å². The number of nitrogens with zero attached hydrogens (tertiary/aromatic N) is 1. The average molecular weight is 382 g/mol. The summed E-state index contributed by atoms with van der Waals surface area (Å²) in [5.74, 6) is 0. The van der Waals surface area contributed by atoms with Crippen molar-refractivity contribution < 1.29 is 18.3 Å². The Morgan fingerprint density at radius 3 is 2.30 bits per heavy atom. The fourth-order valence-electron chi connectivity index (χ4n) is 2.43. The molecule has 0 aliphatic heterocycles. The number of para-hydroxylation sites is 1. The number of aliphatic hydroxyl groups excluding tert-OH is 1. The van der Waals surface area contributed by atoms with Gasteiger partial charge in [0.05, 0.1) is 17.2 Å². The van der Waals surface area contributed by atoms with Crippen LogP contribution in [0.2, 0.25) is 0 Å². The number of hydrogen-bond donors (Lipinski definition) is 2. The lowest BCUT2D eigenvalue weighted by molar-refractivity contribution is -0.605. The summed E-state index contributed by atoms with van der Waals surface area (Å²) in [6.07, 6.45) is 6.36. The average Bonchev–Trinajstić information content (AvgIpc) is 2.68. The Hall–Kier alpha value is -3.16. The number of aliphatic hydroxyl groups is 1. The number of sulfonamides is 1. The molecule has 0 amide bonds. The zero-order valence-corrected chi connectivity index (χ0v) is 15.1. The van der Waals surface area contributed by atoms with Crippen LogP contribution in [-0.2, 0) is 16.6 Å². The van der Waals surface area contributed by atoms with E-state index in [1.54, 1.807) is 54.6 Å². The maximum atomic E-state index is 12.6. The first kappa shape index (κ1) is 18.6. The Labute approximate surface area is 157 Å². The molecule has 3 rings (SSSR count). The van der Waals surface area contributed by atoms with E-state index in [9.17, 15) is 13.6 Å². The highest BCUT2D eigenvalue weighted by atomic mass is 32.2. The monoisotopic (exact) mass is 382 g/mol. The molecule has 138 valence electrons. The van der Waals surface area contributed by atoms with Gasteiger partial charge in [-0.1, -0.05) is 42.5 Å². The molecule has 0 aliphatic rings. The lowest BCUT2D eigenvalue weighted by Gasteiger charge is -2.11.